The second kappa shape index (κ2) is 4.82. The van der Waals surface area contributed by atoms with Gasteiger partial charge in [0, 0.05) is 11.6 Å². The molecule has 0 aliphatic heterocycles. The molecule has 0 saturated heterocycles. The molecule has 0 radical (unpaired) electrons. The molecule has 0 amide bonds. The lowest BCUT2D eigenvalue weighted by Crippen LogP contribution is -1.99. The van der Waals surface area contributed by atoms with Crippen molar-refractivity contribution in [3.05, 3.63) is 42.2 Å². The van der Waals surface area contributed by atoms with Crippen molar-refractivity contribution in [2.75, 3.05) is 0 Å². The lowest BCUT2D eigenvalue weighted by atomic mass is 10.2. The van der Waals surface area contributed by atoms with Crippen LogP contribution in [0.2, 0.25) is 0 Å². The van der Waals surface area contributed by atoms with E-state index < -0.39 is 0 Å². The van der Waals surface area contributed by atoms with E-state index in [9.17, 15) is 4.79 Å². The molecule has 2 rings (SSSR count). The second-order valence-corrected chi connectivity index (χ2v) is 4.04. The largest absolute Gasteiger partial charge is 0.454 e. The lowest BCUT2D eigenvalue weighted by Gasteiger charge is -2.04. The first-order valence-corrected chi connectivity index (χ1v) is 5.46. The molecule has 0 unspecified atom stereocenters. The molecule has 4 nitrogen and oxygen atoms in total. The molecule has 2 aromatic rings. The molecule has 0 saturated carbocycles. The Labute approximate surface area is 99.8 Å². The van der Waals surface area contributed by atoms with Crippen molar-refractivity contribution >= 4 is 6.29 Å². The van der Waals surface area contributed by atoms with Gasteiger partial charge in [-0.05, 0) is 38.1 Å². The SMILES string of the molecule is CC(C)n1cc(Oc2ccc(C=O)cc2)cn1. The molecule has 1 aromatic carbocycles. The van der Waals surface area contributed by atoms with Gasteiger partial charge in [0.15, 0.2) is 5.75 Å². The van der Waals surface area contributed by atoms with Gasteiger partial charge >= 0.3 is 0 Å². The van der Waals surface area contributed by atoms with E-state index in [0.29, 0.717) is 23.1 Å². The fraction of sp³-hybridized carbons (Fsp3) is 0.231. The number of aldehydes is 1. The van der Waals surface area contributed by atoms with Crippen LogP contribution in [0.4, 0.5) is 0 Å². The minimum Gasteiger partial charge on any atom is -0.454 e. The Morgan fingerprint density at radius 1 is 1.24 bits per heavy atom. The van der Waals surface area contributed by atoms with Crippen molar-refractivity contribution in [2.24, 2.45) is 0 Å². The van der Waals surface area contributed by atoms with Gasteiger partial charge in [-0.25, -0.2) is 0 Å². The summed E-state index contributed by atoms with van der Waals surface area (Å²) in [6, 6.07) is 7.27. The Morgan fingerprint density at radius 2 is 1.94 bits per heavy atom. The first-order chi connectivity index (χ1) is 8.19. The van der Waals surface area contributed by atoms with Crippen molar-refractivity contribution in [1.29, 1.82) is 0 Å². The maximum absolute atomic E-state index is 10.5. The topological polar surface area (TPSA) is 44.1 Å². The number of hydrogen-bond acceptors (Lipinski definition) is 3. The average molecular weight is 230 g/mol. The molecule has 0 N–H and O–H groups in total. The highest BCUT2D eigenvalue weighted by Gasteiger charge is 2.03. The third-order valence-corrected chi connectivity index (χ3v) is 2.36. The molecule has 0 aliphatic rings. The van der Waals surface area contributed by atoms with Crippen LogP contribution in [-0.2, 0) is 0 Å². The normalized spacial score (nSPS) is 10.5. The summed E-state index contributed by atoms with van der Waals surface area (Å²) < 4.78 is 7.44. The van der Waals surface area contributed by atoms with E-state index in [1.807, 2.05) is 10.9 Å². The third-order valence-electron chi connectivity index (χ3n) is 2.36. The number of benzene rings is 1. The molecule has 0 atom stereocenters. The summed E-state index contributed by atoms with van der Waals surface area (Å²) in [5, 5.41) is 4.18. The minimum absolute atomic E-state index is 0.310. The average Bonchev–Trinajstić information content (AvgIpc) is 2.79. The molecule has 1 heterocycles. The van der Waals surface area contributed by atoms with E-state index in [1.165, 1.54) is 0 Å². The monoisotopic (exact) mass is 230 g/mol. The first-order valence-electron chi connectivity index (χ1n) is 5.46. The van der Waals surface area contributed by atoms with E-state index >= 15 is 0 Å². The van der Waals surface area contributed by atoms with E-state index in [4.69, 9.17) is 4.74 Å². The van der Waals surface area contributed by atoms with Crippen LogP contribution in [-0.4, -0.2) is 16.1 Å². The molecule has 88 valence electrons. The fourth-order valence-corrected chi connectivity index (χ4v) is 1.41. The van der Waals surface area contributed by atoms with Crippen LogP contribution in [0.5, 0.6) is 11.5 Å². The van der Waals surface area contributed by atoms with Gasteiger partial charge in [-0.3, -0.25) is 9.48 Å². The zero-order chi connectivity index (χ0) is 12.3. The lowest BCUT2D eigenvalue weighted by molar-refractivity contribution is 0.112. The molecule has 0 spiro atoms. The predicted molar refractivity (Wildman–Crippen MR) is 64.5 cm³/mol. The molecular formula is C13H14N2O2. The number of rotatable bonds is 4. The molecule has 0 aliphatic carbocycles. The Hall–Kier alpha value is -2.10. The van der Waals surface area contributed by atoms with Crippen molar-refractivity contribution in [1.82, 2.24) is 9.78 Å². The number of ether oxygens (including phenoxy) is 1. The van der Waals surface area contributed by atoms with Crippen LogP contribution in [0.15, 0.2) is 36.7 Å². The zero-order valence-corrected chi connectivity index (χ0v) is 9.83. The standard InChI is InChI=1S/C13H14N2O2/c1-10(2)15-8-13(7-14-15)17-12-5-3-11(9-16)4-6-12/h3-10H,1-2H3. The van der Waals surface area contributed by atoms with Gasteiger partial charge < -0.3 is 4.74 Å². The Bertz CT molecular complexity index is 500. The molecule has 17 heavy (non-hydrogen) atoms. The van der Waals surface area contributed by atoms with Crippen LogP contribution in [0.25, 0.3) is 0 Å². The third kappa shape index (κ3) is 2.72. The van der Waals surface area contributed by atoms with E-state index in [1.54, 1.807) is 30.5 Å². The quantitative estimate of drug-likeness (QED) is 0.758. The number of hydrogen-bond donors (Lipinski definition) is 0. The molecule has 4 heteroatoms. The minimum atomic E-state index is 0.310. The second-order valence-electron chi connectivity index (χ2n) is 4.04. The molecular weight excluding hydrogens is 216 g/mol. The van der Waals surface area contributed by atoms with Gasteiger partial charge in [0.05, 0.1) is 12.4 Å². The fourth-order valence-electron chi connectivity index (χ4n) is 1.41. The van der Waals surface area contributed by atoms with Gasteiger partial charge in [-0.2, -0.15) is 5.10 Å². The Balaban J connectivity index is 2.10. The predicted octanol–water partition coefficient (Wildman–Crippen LogP) is 3.07. The van der Waals surface area contributed by atoms with Gasteiger partial charge in [0.2, 0.25) is 0 Å². The van der Waals surface area contributed by atoms with Gasteiger partial charge in [0.25, 0.3) is 0 Å². The smallest absolute Gasteiger partial charge is 0.165 e. The van der Waals surface area contributed by atoms with Crippen molar-refractivity contribution in [3.63, 3.8) is 0 Å². The zero-order valence-electron chi connectivity index (χ0n) is 9.83. The summed E-state index contributed by atoms with van der Waals surface area (Å²) in [6.45, 7) is 4.10. The van der Waals surface area contributed by atoms with Crippen LogP contribution in [0.1, 0.15) is 30.2 Å². The summed E-state index contributed by atoms with van der Waals surface area (Å²) in [6.07, 6.45) is 4.33. The molecule has 0 bridgehead atoms. The van der Waals surface area contributed by atoms with Gasteiger partial charge in [0.1, 0.15) is 12.0 Å². The van der Waals surface area contributed by atoms with Crippen LogP contribution < -0.4 is 4.74 Å². The summed E-state index contributed by atoms with van der Waals surface area (Å²) in [4.78, 5) is 10.5. The van der Waals surface area contributed by atoms with E-state index in [2.05, 4.69) is 18.9 Å². The maximum atomic E-state index is 10.5. The molecule has 0 fully saturated rings. The highest BCUT2D eigenvalue weighted by atomic mass is 16.5. The van der Waals surface area contributed by atoms with E-state index in [-0.39, 0.29) is 0 Å². The number of carbonyl (C=O) groups is 1. The Morgan fingerprint density at radius 3 is 2.47 bits per heavy atom. The molecule has 1 aromatic heterocycles. The van der Waals surface area contributed by atoms with Crippen LogP contribution >= 0.6 is 0 Å². The Kier molecular flexibility index (Phi) is 3.23. The van der Waals surface area contributed by atoms with E-state index in [0.717, 1.165) is 6.29 Å². The number of carbonyl (C=O) groups excluding carboxylic acids is 1. The van der Waals surface area contributed by atoms with Gasteiger partial charge in [-0.15, -0.1) is 0 Å². The highest BCUT2D eigenvalue weighted by Crippen LogP contribution is 2.21. The first kappa shape index (κ1) is 11.4. The van der Waals surface area contributed by atoms with Crippen LogP contribution in [0.3, 0.4) is 0 Å². The summed E-state index contributed by atoms with van der Waals surface area (Å²) in [5.41, 5.74) is 0.634. The van der Waals surface area contributed by atoms with Crippen molar-refractivity contribution < 1.29 is 9.53 Å². The summed E-state index contributed by atoms with van der Waals surface area (Å²) in [5.74, 6) is 1.39. The maximum Gasteiger partial charge on any atom is 0.165 e. The highest BCUT2D eigenvalue weighted by molar-refractivity contribution is 5.74. The van der Waals surface area contributed by atoms with Gasteiger partial charge in [-0.1, -0.05) is 0 Å². The summed E-state index contributed by atoms with van der Waals surface area (Å²) >= 11 is 0. The van der Waals surface area contributed by atoms with Crippen molar-refractivity contribution in [3.8, 4) is 11.5 Å². The number of nitrogens with zero attached hydrogens (tertiary/aromatic N) is 2. The van der Waals surface area contributed by atoms with Crippen molar-refractivity contribution in [2.45, 2.75) is 19.9 Å². The summed E-state index contributed by atoms with van der Waals surface area (Å²) in [7, 11) is 0. The number of aromatic nitrogens is 2. The van der Waals surface area contributed by atoms with Crippen LogP contribution in [0, 0.1) is 0 Å².